The summed E-state index contributed by atoms with van der Waals surface area (Å²) in [6.07, 6.45) is 1.34. The average molecular weight is 323 g/mol. The number of hydrogen-bond donors (Lipinski definition) is 1. The molecule has 1 amide bonds. The van der Waals surface area contributed by atoms with Crippen molar-refractivity contribution in [3.63, 3.8) is 0 Å². The molecule has 2 heterocycles. The molecule has 0 saturated heterocycles. The maximum absolute atomic E-state index is 12.7. The minimum atomic E-state index is -0.394. The quantitative estimate of drug-likeness (QED) is 0.925. The Morgan fingerprint density at radius 1 is 1.45 bits per heavy atom. The number of aliphatic hydroxyl groups excluding tert-OH is 1. The fraction of sp³-hybridized carbons (Fsp3) is 0.533. The van der Waals surface area contributed by atoms with Crippen LogP contribution in [0.5, 0.6) is 0 Å². The third kappa shape index (κ3) is 2.91. The third-order valence-corrected chi connectivity index (χ3v) is 4.32. The van der Waals surface area contributed by atoms with Crippen molar-refractivity contribution >= 4 is 22.2 Å². The van der Waals surface area contributed by atoms with E-state index in [2.05, 4.69) is 4.98 Å². The van der Waals surface area contributed by atoms with E-state index in [4.69, 9.17) is 5.11 Å². The molecule has 1 N–H and O–H groups in total. The standard InChI is InChI=1S/C15H21N3O3S/c1-5-17(6-7-19)12(20)10-8-16-14-18(13(10)21)11(9-22-14)15(2,3)4/h8-9,19H,5-7H2,1-4H3. The largest absolute Gasteiger partial charge is 0.395 e. The summed E-state index contributed by atoms with van der Waals surface area (Å²) in [5.74, 6) is -0.394. The lowest BCUT2D eigenvalue weighted by molar-refractivity contribution is 0.0729. The van der Waals surface area contributed by atoms with Crippen molar-refractivity contribution in [1.29, 1.82) is 0 Å². The molecular formula is C15H21N3O3S. The monoisotopic (exact) mass is 323 g/mol. The number of amides is 1. The smallest absolute Gasteiger partial charge is 0.271 e. The SMILES string of the molecule is CCN(CCO)C(=O)c1cnc2scc(C(C)(C)C)n2c1=O. The lowest BCUT2D eigenvalue weighted by Crippen LogP contribution is -2.38. The molecule has 2 aromatic heterocycles. The Labute approximate surface area is 133 Å². The molecule has 0 unspecified atom stereocenters. The van der Waals surface area contributed by atoms with Gasteiger partial charge in [0.2, 0.25) is 0 Å². The van der Waals surface area contributed by atoms with Gasteiger partial charge < -0.3 is 10.0 Å². The zero-order valence-corrected chi connectivity index (χ0v) is 14.1. The summed E-state index contributed by atoms with van der Waals surface area (Å²) in [6, 6.07) is 0. The first-order valence-electron chi connectivity index (χ1n) is 7.21. The fourth-order valence-corrected chi connectivity index (χ4v) is 3.33. The highest BCUT2D eigenvalue weighted by molar-refractivity contribution is 7.15. The van der Waals surface area contributed by atoms with Crippen LogP contribution in [0.1, 0.15) is 43.7 Å². The molecule has 6 nitrogen and oxygen atoms in total. The number of carbonyl (C=O) groups is 1. The van der Waals surface area contributed by atoms with Gasteiger partial charge in [-0.25, -0.2) is 4.98 Å². The van der Waals surface area contributed by atoms with Crippen LogP contribution in [0, 0.1) is 0 Å². The van der Waals surface area contributed by atoms with E-state index in [9.17, 15) is 9.59 Å². The van der Waals surface area contributed by atoms with Gasteiger partial charge in [0.15, 0.2) is 4.96 Å². The molecule has 0 aliphatic heterocycles. The van der Waals surface area contributed by atoms with E-state index in [1.54, 1.807) is 0 Å². The summed E-state index contributed by atoms with van der Waals surface area (Å²) in [5.41, 5.74) is 0.306. The van der Waals surface area contributed by atoms with Gasteiger partial charge >= 0.3 is 0 Å². The van der Waals surface area contributed by atoms with Gasteiger partial charge in [-0.1, -0.05) is 20.8 Å². The first-order chi connectivity index (χ1) is 10.3. The highest BCUT2D eigenvalue weighted by Crippen LogP contribution is 2.25. The summed E-state index contributed by atoms with van der Waals surface area (Å²) < 4.78 is 1.52. The van der Waals surface area contributed by atoms with Crippen LogP contribution in [0.25, 0.3) is 4.96 Å². The lowest BCUT2D eigenvalue weighted by atomic mass is 9.93. The van der Waals surface area contributed by atoms with Crippen molar-refractivity contribution in [1.82, 2.24) is 14.3 Å². The van der Waals surface area contributed by atoms with E-state index in [1.807, 2.05) is 33.1 Å². The second-order valence-electron chi connectivity index (χ2n) is 6.07. The molecule has 0 aromatic carbocycles. The molecule has 2 aromatic rings. The van der Waals surface area contributed by atoms with Gasteiger partial charge in [-0.3, -0.25) is 14.0 Å². The fourth-order valence-electron chi connectivity index (χ4n) is 2.25. The van der Waals surface area contributed by atoms with Crippen molar-refractivity contribution in [2.75, 3.05) is 19.7 Å². The molecule has 0 fully saturated rings. The van der Waals surface area contributed by atoms with Crippen molar-refractivity contribution in [2.45, 2.75) is 33.1 Å². The van der Waals surface area contributed by atoms with Crippen LogP contribution < -0.4 is 5.56 Å². The predicted molar refractivity (Wildman–Crippen MR) is 86.7 cm³/mol. The Kier molecular flexibility index (Phi) is 4.67. The number of nitrogens with zero attached hydrogens (tertiary/aromatic N) is 3. The van der Waals surface area contributed by atoms with Gasteiger partial charge in [-0.2, -0.15) is 0 Å². The van der Waals surface area contributed by atoms with Crippen LogP contribution in [0.4, 0.5) is 0 Å². The molecule has 120 valence electrons. The van der Waals surface area contributed by atoms with Gasteiger partial charge in [-0.15, -0.1) is 11.3 Å². The summed E-state index contributed by atoms with van der Waals surface area (Å²) in [4.78, 5) is 31.5. The number of likely N-dealkylation sites (N-methyl/N-ethyl adjacent to an activating group) is 1. The van der Waals surface area contributed by atoms with Gasteiger partial charge in [-0.05, 0) is 6.92 Å². The van der Waals surface area contributed by atoms with Crippen LogP contribution in [0.2, 0.25) is 0 Å². The topological polar surface area (TPSA) is 74.9 Å². The van der Waals surface area contributed by atoms with Crippen molar-refractivity contribution in [2.24, 2.45) is 0 Å². The van der Waals surface area contributed by atoms with E-state index in [-0.39, 0.29) is 29.7 Å². The molecular weight excluding hydrogens is 302 g/mol. The van der Waals surface area contributed by atoms with E-state index < -0.39 is 5.91 Å². The number of aromatic nitrogens is 2. The minimum absolute atomic E-state index is 0.0386. The van der Waals surface area contributed by atoms with Gasteiger partial charge in [0.1, 0.15) is 5.56 Å². The van der Waals surface area contributed by atoms with E-state index in [0.29, 0.717) is 11.5 Å². The number of thiazole rings is 1. The van der Waals surface area contributed by atoms with Crippen LogP contribution in [-0.2, 0) is 5.41 Å². The summed E-state index contributed by atoms with van der Waals surface area (Å²) >= 11 is 1.39. The summed E-state index contributed by atoms with van der Waals surface area (Å²) in [7, 11) is 0. The number of fused-ring (bicyclic) bond motifs is 1. The highest BCUT2D eigenvalue weighted by Gasteiger charge is 2.24. The van der Waals surface area contributed by atoms with Crippen molar-refractivity contribution in [3.05, 3.63) is 33.2 Å². The van der Waals surface area contributed by atoms with Crippen LogP contribution >= 0.6 is 11.3 Å². The number of aliphatic hydroxyl groups is 1. The van der Waals surface area contributed by atoms with E-state index >= 15 is 0 Å². The molecule has 0 radical (unpaired) electrons. The Morgan fingerprint density at radius 3 is 2.68 bits per heavy atom. The van der Waals surface area contributed by atoms with Gasteiger partial charge in [0.25, 0.3) is 11.5 Å². The Morgan fingerprint density at radius 2 is 2.14 bits per heavy atom. The molecule has 0 bridgehead atoms. The van der Waals surface area contributed by atoms with Crippen LogP contribution in [-0.4, -0.2) is 45.0 Å². The normalized spacial score (nSPS) is 11.9. The van der Waals surface area contributed by atoms with Gasteiger partial charge in [0, 0.05) is 35.8 Å². The molecule has 2 rings (SSSR count). The molecule has 22 heavy (non-hydrogen) atoms. The van der Waals surface area contributed by atoms with Crippen LogP contribution in [0.3, 0.4) is 0 Å². The maximum Gasteiger partial charge on any atom is 0.271 e. The second kappa shape index (κ2) is 6.18. The molecule has 7 heteroatoms. The summed E-state index contributed by atoms with van der Waals surface area (Å²) in [5, 5.41) is 10.9. The molecule has 0 saturated carbocycles. The Hall–Kier alpha value is -1.73. The highest BCUT2D eigenvalue weighted by atomic mass is 32.1. The molecule has 0 spiro atoms. The second-order valence-corrected chi connectivity index (χ2v) is 6.91. The van der Waals surface area contributed by atoms with Crippen molar-refractivity contribution in [3.8, 4) is 0 Å². The first-order valence-corrected chi connectivity index (χ1v) is 8.09. The van der Waals surface area contributed by atoms with E-state index in [1.165, 1.54) is 26.8 Å². The predicted octanol–water partition coefficient (Wildman–Crippen LogP) is 1.51. The zero-order chi connectivity index (χ0) is 16.5. The lowest BCUT2D eigenvalue weighted by Gasteiger charge is -2.20. The Bertz CT molecular complexity index is 743. The van der Waals surface area contributed by atoms with E-state index in [0.717, 1.165) is 5.69 Å². The first kappa shape index (κ1) is 16.6. The molecule has 0 aliphatic rings. The van der Waals surface area contributed by atoms with Gasteiger partial charge in [0.05, 0.1) is 6.61 Å². The van der Waals surface area contributed by atoms with Crippen molar-refractivity contribution < 1.29 is 9.90 Å². The average Bonchev–Trinajstić information content (AvgIpc) is 2.89. The minimum Gasteiger partial charge on any atom is -0.395 e. The molecule has 0 atom stereocenters. The zero-order valence-electron chi connectivity index (χ0n) is 13.3. The maximum atomic E-state index is 12.7. The molecule has 0 aliphatic carbocycles. The van der Waals surface area contributed by atoms with Crippen LogP contribution in [0.15, 0.2) is 16.4 Å². The number of hydrogen-bond acceptors (Lipinski definition) is 5. The number of carbonyl (C=O) groups excluding carboxylic acids is 1. The summed E-state index contributed by atoms with van der Waals surface area (Å²) in [6.45, 7) is 8.34. The third-order valence-electron chi connectivity index (χ3n) is 3.48. The Balaban J connectivity index is 2.60. The number of rotatable bonds is 4.